The summed E-state index contributed by atoms with van der Waals surface area (Å²) >= 11 is 2.26. The number of rotatable bonds is 5. The first-order chi connectivity index (χ1) is 14.9. The van der Waals surface area contributed by atoms with E-state index >= 15 is 0 Å². The Hall–Kier alpha value is -1.65. The average Bonchev–Trinajstić information content (AvgIpc) is 3.45. The fraction of sp³-hybridized carbons (Fsp3) is 0.458. The number of amides is 1. The molecule has 2 aliphatic rings. The van der Waals surface area contributed by atoms with Gasteiger partial charge in [-0.1, -0.05) is 12.1 Å². The van der Waals surface area contributed by atoms with Crippen molar-refractivity contribution in [2.24, 2.45) is 11.1 Å². The summed E-state index contributed by atoms with van der Waals surface area (Å²) in [6.07, 6.45) is 4.81. The van der Waals surface area contributed by atoms with Gasteiger partial charge in [0.05, 0.1) is 16.1 Å². The topological polar surface area (TPSA) is 92.5 Å². The average molecular weight is 567 g/mol. The van der Waals surface area contributed by atoms with E-state index in [2.05, 4.69) is 32.2 Å². The molecule has 1 spiro atoms. The SMILES string of the molecule is CC(C)(C)NS(=O)(=O)c1cccc(-c2c(I)ccc(C(N)=O)c2N2CCC3(CC2)CC3)c1. The number of sulfonamides is 1. The van der Waals surface area contributed by atoms with Crippen molar-refractivity contribution in [2.75, 3.05) is 18.0 Å². The Morgan fingerprint density at radius 2 is 1.75 bits per heavy atom. The van der Waals surface area contributed by atoms with Crippen molar-refractivity contribution >= 4 is 44.2 Å². The highest BCUT2D eigenvalue weighted by atomic mass is 127. The van der Waals surface area contributed by atoms with Crippen LogP contribution in [0.2, 0.25) is 0 Å². The summed E-state index contributed by atoms with van der Waals surface area (Å²) in [5, 5.41) is 0. The van der Waals surface area contributed by atoms with Gasteiger partial charge in [0.25, 0.3) is 5.91 Å². The van der Waals surface area contributed by atoms with Gasteiger partial charge in [-0.05, 0) is 104 Å². The Kier molecular flexibility index (Phi) is 6.09. The van der Waals surface area contributed by atoms with Crippen LogP contribution < -0.4 is 15.4 Å². The number of anilines is 1. The maximum Gasteiger partial charge on any atom is 0.250 e. The van der Waals surface area contributed by atoms with E-state index in [4.69, 9.17) is 5.73 Å². The van der Waals surface area contributed by atoms with Crippen LogP contribution in [0.25, 0.3) is 11.1 Å². The van der Waals surface area contributed by atoms with Crippen LogP contribution >= 0.6 is 22.6 Å². The van der Waals surface area contributed by atoms with Crippen molar-refractivity contribution in [1.82, 2.24) is 4.72 Å². The number of primary amides is 1. The molecule has 1 saturated heterocycles. The number of nitrogens with zero attached hydrogens (tertiary/aromatic N) is 1. The van der Waals surface area contributed by atoms with Crippen LogP contribution in [0.3, 0.4) is 0 Å². The third-order valence-corrected chi connectivity index (χ3v) is 9.02. The molecule has 2 aromatic carbocycles. The van der Waals surface area contributed by atoms with Gasteiger partial charge >= 0.3 is 0 Å². The number of carbonyl (C=O) groups is 1. The first-order valence-corrected chi connectivity index (χ1v) is 13.5. The highest BCUT2D eigenvalue weighted by Crippen LogP contribution is 2.54. The Morgan fingerprint density at radius 1 is 1.09 bits per heavy atom. The zero-order valence-corrected chi connectivity index (χ0v) is 21.7. The fourth-order valence-corrected chi connectivity index (χ4v) is 6.74. The molecule has 1 amide bonds. The minimum Gasteiger partial charge on any atom is -0.370 e. The summed E-state index contributed by atoms with van der Waals surface area (Å²) in [7, 11) is -3.69. The molecule has 3 N–H and O–H groups in total. The number of benzene rings is 2. The molecule has 0 unspecified atom stereocenters. The van der Waals surface area contributed by atoms with Gasteiger partial charge in [0, 0.05) is 27.8 Å². The lowest BCUT2D eigenvalue weighted by atomic mass is 9.91. The second kappa shape index (κ2) is 8.29. The van der Waals surface area contributed by atoms with E-state index in [1.807, 2.05) is 32.9 Å². The number of carbonyl (C=O) groups excluding carboxylic acids is 1. The predicted molar refractivity (Wildman–Crippen MR) is 136 cm³/mol. The van der Waals surface area contributed by atoms with Crippen molar-refractivity contribution in [3.63, 3.8) is 0 Å². The number of nitrogens with two attached hydrogens (primary N) is 1. The van der Waals surface area contributed by atoms with Gasteiger partial charge < -0.3 is 10.6 Å². The van der Waals surface area contributed by atoms with E-state index in [1.54, 1.807) is 24.3 Å². The van der Waals surface area contributed by atoms with Crippen molar-refractivity contribution in [2.45, 2.75) is 56.9 Å². The zero-order valence-electron chi connectivity index (χ0n) is 18.7. The van der Waals surface area contributed by atoms with E-state index < -0.39 is 21.5 Å². The Balaban J connectivity index is 1.82. The summed E-state index contributed by atoms with van der Waals surface area (Å²) < 4.78 is 29.6. The molecular weight excluding hydrogens is 537 g/mol. The minimum absolute atomic E-state index is 0.201. The van der Waals surface area contributed by atoms with Crippen LogP contribution in [0.15, 0.2) is 41.3 Å². The van der Waals surface area contributed by atoms with Crippen LogP contribution in [-0.4, -0.2) is 33.0 Å². The van der Waals surface area contributed by atoms with Crippen LogP contribution in [-0.2, 0) is 10.0 Å². The second-order valence-corrected chi connectivity index (χ2v) is 12.9. The van der Waals surface area contributed by atoms with Gasteiger partial charge in [-0.25, -0.2) is 13.1 Å². The van der Waals surface area contributed by atoms with E-state index in [9.17, 15) is 13.2 Å². The van der Waals surface area contributed by atoms with Gasteiger partial charge in [-0.3, -0.25) is 4.79 Å². The summed E-state index contributed by atoms with van der Waals surface area (Å²) in [5.74, 6) is -0.470. The van der Waals surface area contributed by atoms with Crippen molar-refractivity contribution in [3.05, 3.63) is 45.5 Å². The second-order valence-electron chi connectivity index (χ2n) is 10.1. The monoisotopic (exact) mass is 567 g/mol. The van der Waals surface area contributed by atoms with Crippen molar-refractivity contribution in [1.29, 1.82) is 0 Å². The normalized spacial score (nSPS) is 18.1. The van der Waals surface area contributed by atoms with E-state index in [0.29, 0.717) is 11.0 Å². The number of halogens is 1. The standard InChI is InChI=1S/C24H30IN3O3S/c1-23(2,3)27-32(30,31)17-6-4-5-16(15-17)20-19(25)8-7-18(22(26)29)21(20)28-13-11-24(9-10-24)12-14-28/h4-8,15,27H,9-14H2,1-3H3,(H2,26,29). The summed E-state index contributed by atoms with van der Waals surface area (Å²) in [4.78, 5) is 14.8. The smallest absolute Gasteiger partial charge is 0.250 e. The van der Waals surface area contributed by atoms with Gasteiger partial charge in [-0.2, -0.15) is 0 Å². The highest BCUT2D eigenvalue weighted by Gasteiger charge is 2.45. The number of hydrogen-bond acceptors (Lipinski definition) is 4. The number of piperidine rings is 1. The molecule has 1 aliphatic heterocycles. The molecule has 0 atom stereocenters. The largest absolute Gasteiger partial charge is 0.370 e. The molecule has 32 heavy (non-hydrogen) atoms. The molecule has 8 heteroatoms. The predicted octanol–water partition coefficient (Wildman–Crippen LogP) is 4.51. The van der Waals surface area contributed by atoms with Gasteiger partial charge in [0.2, 0.25) is 10.0 Å². The molecule has 1 aliphatic carbocycles. The van der Waals surface area contributed by atoms with Crippen molar-refractivity contribution in [3.8, 4) is 11.1 Å². The molecule has 6 nitrogen and oxygen atoms in total. The third kappa shape index (κ3) is 4.82. The maximum atomic E-state index is 13.0. The minimum atomic E-state index is -3.69. The lowest BCUT2D eigenvalue weighted by molar-refractivity contribution is 0.100. The quantitative estimate of drug-likeness (QED) is 0.520. The molecule has 4 rings (SSSR count). The zero-order chi connectivity index (χ0) is 23.3. The molecule has 1 heterocycles. The Morgan fingerprint density at radius 3 is 2.31 bits per heavy atom. The van der Waals surface area contributed by atoms with E-state index in [-0.39, 0.29) is 4.90 Å². The molecule has 0 radical (unpaired) electrons. The molecule has 2 fully saturated rings. The first-order valence-electron chi connectivity index (χ1n) is 10.9. The van der Waals surface area contributed by atoms with Crippen LogP contribution in [0.5, 0.6) is 0 Å². The Labute approximate surface area is 204 Å². The van der Waals surface area contributed by atoms with Gasteiger partial charge in [0.1, 0.15) is 0 Å². The molecule has 1 saturated carbocycles. The molecule has 0 bridgehead atoms. The molecular formula is C24H30IN3O3S. The van der Waals surface area contributed by atoms with Crippen LogP contribution in [0, 0.1) is 8.99 Å². The van der Waals surface area contributed by atoms with Gasteiger partial charge in [-0.15, -0.1) is 0 Å². The van der Waals surface area contributed by atoms with E-state index in [1.165, 1.54) is 12.8 Å². The lowest BCUT2D eigenvalue weighted by Crippen LogP contribution is -2.40. The number of hydrogen-bond donors (Lipinski definition) is 2. The first kappa shape index (κ1) is 23.5. The van der Waals surface area contributed by atoms with Crippen LogP contribution in [0.1, 0.15) is 56.8 Å². The van der Waals surface area contributed by atoms with E-state index in [0.717, 1.165) is 46.3 Å². The summed E-state index contributed by atoms with van der Waals surface area (Å²) in [6, 6.07) is 10.6. The number of nitrogens with one attached hydrogen (secondary N) is 1. The summed E-state index contributed by atoms with van der Waals surface area (Å²) in [5.41, 5.74) is 8.61. The maximum absolute atomic E-state index is 13.0. The molecule has 2 aromatic rings. The fourth-order valence-electron chi connectivity index (χ4n) is 4.53. The Bertz CT molecular complexity index is 1160. The van der Waals surface area contributed by atoms with Gasteiger partial charge in [0.15, 0.2) is 0 Å². The molecule has 172 valence electrons. The lowest BCUT2D eigenvalue weighted by Gasteiger charge is -2.36. The van der Waals surface area contributed by atoms with Crippen molar-refractivity contribution < 1.29 is 13.2 Å². The third-order valence-electron chi connectivity index (χ3n) is 6.36. The summed E-state index contributed by atoms with van der Waals surface area (Å²) in [6.45, 7) is 7.19. The van der Waals surface area contributed by atoms with Crippen LogP contribution in [0.4, 0.5) is 5.69 Å². The highest BCUT2D eigenvalue weighted by molar-refractivity contribution is 14.1. The molecule has 0 aromatic heterocycles.